The molecule has 0 saturated heterocycles. The van der Waals surface area contributed by atoms with Crippen molar-refractivity contribution >= 4 is 5.69 Å². The van der Waals surface area contributed by atoms with Crippen molar-refractivity contribution in [1.29, 1.82) is 0 Å². The highest BCUT2D eigenvalue weighted by atomic mass is 16.6. The van der Waals surface area contributed by atoms with Crippen LogP contribution in [0, 0.1) is 17.0 Å². The Labute approximate surface area is 150 Å². The average Bonchev–Trinajstić information content (AvgIpc) is 2.64. The van der Waals surface area contributed by atoms with Gasteiger partial charge in [-0.3, -0.25) is 10.1 Å². The molecule has 0 aliphatic rings. The van der Waals surface area contributed by atoms with Crippen LogP contribution in [-0.2, 0) is 6.42 Å². The first kappa shape index (κ1) is 17.3. The van der Waals surface area contributed by atoms with Gasteiger partial charge in [-0.15, -0.1) is 0 Å². The smallest absolute Gasteiger partial charge is 0.393 e. The van der Waals surface area contributed by atoms with E-state index in [0.717, 1.165) is 17.5 Å². The van der Waals surface area contributed by atoms with Crippen molar-refractivity contribution in [3.8, 4) is 23.3 Å². The highest BCUT2D eigenvalue weighted by Crippen LogP contribution is 2.37. The zero-order chi connectivity index (χ0) is 18.5. The van der Waals surface area contributed by atoms with Crippen LogP contribution >= 0.6 is 0 Å². The number of aromatic nitrogens is 2. The summed E-state index contributed by atoms with van der Waals surface area (Å²) >= 11 is 0. The lowest BCUT2D eigenvalue weighted by Crippen LogP contribution is -2.01. The molecule has 0 unspecified atom stereocenters. The van der Waals surface area contributed by atoms with Gasteiger partial charge in [0.1, 0.15) is 17.8 Å². The molecule has 132 valence electrons. The number of hydrogen-bond acceptors (Lipinski definition) is 6. The Morgan fingerprint density at radius 1 is 0.923 bits per heavy atom. The predicted molar refractivity (Wildman–Crippen MR) is 95.8 cm³/mol. The molecule has 3 aromatic rings. The summed E-state index contributed by atoms with van der Waals surface area (Å²) in [6, 6.07) is 14.4. The zero-order valence-corrected chi connectivity index (χ0v) is 14.4. The molecule has 0 radical (unpaired) electrons. The number of nitrogens with zero attached hydrogens (tertiary/aromatic N) is 3. The van der Waals surface area contributed by atoms with Crippen LogP contribution in [0.2, 0.25) is 0 Å². The largest absolute Gasteiger partial charge is 0.433 e. The molecule has 1 heterocycles. The Hall–Kier alpha value is -3.48. The average molecular weight is 351 g/mol. The summed E-state index contributed by atoms with van der Waals surface area (Å²) in [7, 11) is 0. The fraction of sp³-hybridized carbons (Fsp3) is 0.158. The SMILES string of the molecule is CCc1ccc(Oc2ncnc(Oc3ccc(C)cc3)c2[N+](=O)[O-])cc1. The molecular formula is C19H17N3O4. The van der Waals surface area contributed by atoms with Gasteiger partial charge in [-0.05, 0) is 43.2 Å². The van der Waals surface area contributed by atoms with E-state index < -0.39 is 10.6 Å². The zero-order valence-electron chi connectivity index (χ0n) is 14.4. The van der Waals surface area contributed by atoms with Gasteiger partial charge in [0.05, 0.1) is 4.92 Å². The summed E-state index contributed by atoms with van der Waals surface area (Å²) < 4.78 is 11.2. The van der Waals surface area contributed by atoms with Crippen molar-refractivity contribution in [3.63, 3.8) is 0 Å². The minimum absolute atomic E-state index is 0.170. The molecule has 0 fully saturated rings. The van der Waals surface area contributed by atoms with Crippen molar-refractivity contribution < 1.29 is 14.4 Å². The van der Waals surface area contributed by atoms with Gasteiger partial charge < -0.3 is 9.47 Å². The van der Waals surface area contributed by atoms with Crippen LogP contribution in [0.1, 0.15) is 18.1 Å². The Morgan fingerprint density at radius 2 is 1.42 bits per heavy atom. The Morgan fingerprint density at radius 3 is 1.88 bits per heavy atom. The second-order valence-electron chi connectivity index (χ2n) is 5.60. The van der Waals surface area contributed by atoms with Gasteiger partial charge in [0.15, 0.2) is 0 Å². The van der Waals surface area contributed by atoms with Crippen molar-refractivity contribution in [2.24, 2.45) is 0 Å². The lowest BCUT2D eigenvalue weighted by atomic mass is 10.2. The number of aryl methyl sites for hydroxylation is 2. The summed E-state index contributed by atoms with van der Waals surface area (Å²) in [6.45, 7) is 3.98. The van der Waals surface area contributed by atoms with E-state index in [0.29, 0.717) is 11.5 Å². The van der Waals surface area contributed by atoms with Gasteiger partial charge in [-0.2, -0.15) is 9.97 Å². The fourth-order valence-electron chi connectivity index (χ4n) is 2.28. The van der Waals surface area contributed by atoms with Gasteiger partial charge in [0, 0.05) is 0 Å². The van der Waals surface area contributed by atoms with Crippen LogP contribution in [0.25, 0.3) is 0 Å². The monoisotopic (exact) mass is 351 g/mol. The van der Waals surface area contributed by atoms with Crippen LogP contribution in [-0.4, -0.2) is 14.9 Å². The van der Waals surface area contributed by atoms with E-state index in [1.807, 2.05) is 38.1 Å². The fourth-order valence-corrected chi connectivity index (χ4v) is 2.28. The van der Waals surface area contributed by atoms with Gasteiger partial charge in [0.2, 0.25) is 0 Å². The molecule has 0 atom stereocenters. The maximum absolute atomic E-state index is 11.5. The maximum Gasteiger partial charge on any atom is 0.393 e. The van der Waals surface area contributed by atoms with Crippen LogP contribution in [0.15, 0.2) is 54.9 Å². The quantitative estimate of drug-likeness (QED) is 0.466. The van der Waals surface area contributed by atoms with Crippen LogP contribution in [0.5, 0.6) is 23.3 Å². The summed E-state index contributed by atoms with van der Waals surface area (Å²) in [5.74, 6) is 0.548. The number of benzene rings is 2. The minimum atomic E-state index is -0.612. The van der Waals surface area contributed by atoms with E-state index in [1.54, 1.807) is 24.3 Å². The third-order valence-electron chi connectivity index (χ3n) is 3.72. The lowest BCUT2D eigenvalue weighted by Gasteiger charge is -2.09. The number of ether oxygens (including phenoxy) is 2. The molecule has 26 heavy (non-hydrogen) atoms. The molecule has 0 saturated carbocycles. The van der Waals surface area contributed by atoms with E-state index in [2.05, 4.69) is 9.97 Å². The first-order chi connectivity index (χ1) is 12.6. The molecule has 7 heteroatoms. The Bertz CT molecular complexity index is 909. The van der Waals surface area contributed by atoms with Crippen molar-refractivity contribution in [3.05, 3.63) is 76.1 Å². The van der Waals surface area contributed by atoms with Crippen molar-refractivity contribution in [2.75, 3.05) is 0 Å². The van der Waals surface area contributed by atoms with E-state index in [4.69, 9.17) is 9.47 Å². The summed E-state index contributed by atoms with van der Waals surface area (Å²) in [4.78, 5) is 18.7. The van der Waals surface area contributed by atoms with E-state index in [1.165, 1.54) is 6.33 Å². The molecule has 0 bridgehead atoms. The summed E-state index contributed by atoms with van der Waals surface area (Å²) in [6.07, 6.45) is 2.06. The topological polar surface area (TPSA) is 87.4 Å². The molecular weight excluding hydrogens is 334 g/mol. The molecule has 0 amide bonds. The van der Waals surface area contributed by atoms with Gasteiger partial charge in [-0.25, -0.2) is 0 Å². The second-order valence-corrected chi connectivity index (χ2v) is 5.60. The van der Waals surface area contributed by atoms with Crippen LogP contribution in [0.3, 0.4) is 0 Å². The first-order valence-electron chi connectivity index (χ1n) is 8.07. The maximum atomic E-state index is 11.5. The third kappa shape index (κ3) is 3.94. The lowest BCUT2D eigenvalue weighted by molar-refractivity contribution is -0.387. The molecule has 0 aliphatic heterocycles. The number of rotatable bonds is 6. The van der Waals surface area contributed by atoms with E-state index in [9.17, 15) is 10.1 Å². The molecule has 0 aliphatic carbocycles. The van der Waals surface area contributed by atoms with Gasteiger partial charge in [0.25, 0.3) is 0 Å². The molecule has 3 rings (SSSR count). The van der Waals surface area contributed by atoms with Crippen LogP contribution < -0.4 is 9.47 Å². The normalized spacial score (nSPS) is 10.4. The molecule has 2 aromatic carbocycles. The third-order valence-corrected chi connectivity index (χ3v) is 3.72. The van der Waals surface area contributed by atoms with E-state index >= 15 is 0 Å². The van der Waals surface area contributed by atoms with E-state index in [-0.39, 0.29) is 11.8 Å². The van der Waals surface area contributed by atoms with Crippen molar-refractivity contribution in [2.45, 2.75) is 20.3 Å². The number of nitro groups is 1. The number of hydrogen-bond donors (Lipinski definition) is 0. The van der Waals surface area contributed by atoms with Gasteiger partial charge >= 0.3 is 17.4 Å². The Balaban J connectivity index is 1.92. The highest BCUT2D eigenvalue weighted by molar-refractivity contribution is 5.52. The van der Waals surface area contributed by atoms with Crippen LogP contribution in [0.4, 0.5) is 5.69 Å². The summed E-state index contributed by atoms with van der Waals surface area (Å²) in [5, 5.41) is 11.5. The van der Waals surface area contributed by atoms with Crippen molar-refractivity contribution in [1.82, 2.24) is 9.97 Å². The molecule has 0 spiro atoms. The standard InChI is InChI=1S/C19H17N3O4/c1-3-14-6-10-16(11-7-14)26-19-17(22(23)24)18(20-12-21-19)25-15-8-4-13(2)5-9-15/h4-12H,3H2,1-2H3. The molecule has 1 aromatic heterocycles. The minimum Gasteiger partial charge on any atom is -0.433 e. The summed E-state index contributed by atoms with van der Waals surface area (Å²) in [5.41, 5.74) is 1.76. The second kappa shape index (κ2) is 7.60. The molecule has 7 nitrogen and oxygen atoms in total. The first-order valence-corrected chi connectivity index (χ1v) is 8.07. The highest BCUT2D eigenvalue weighted by Gasteiger charge is 2.27. The predicted octanol–water partition coefficient (Wildman–Crippen LogP) is 4.84. The molecule has 0 N–H and O–H groups in total. The van der Waals surface area contributed by atoms with Gasteiger partial charge in [-0.1, -0.05) is 36.8 Å². The Kier molecular flexibility index (Phi) is 5.07.